The Bertz CT molecular complexity index is 382. The summed E-state index contributed by atoms with van der Waals surface area (Å²) >= 11 is 0. The normalized spacial score (nSPS) is 11.4. The molecule has 0 aliphatic heterocycles. The molecule has 18 heavy (non-hydrogen) atoms. The van der Waals surface area contributed by atoms with Gasteiger partial charge in [-0.15, -0.1) is 0 Å². The van der Waals surface area contributed by atoms with Crippen molar-refractivity contribution in [1.82, 2.24) is 0 Å². The van der Waals surface area contributed by atoms with Gasteiger partial charge in [-0.25, -0.2) is 0 Å². The Hall–Kier alpha value is -1.47. The van der Waals surface area contributed by atoms with Crippen molar-refractivity contribution in [2.75, 3.05) is 20.5 Å². The van der Waals surface area contributed by atoms with E-state index in [-0.39, 0.29) is 6.54 Å². The number of benzene rings is 1. The molecule has 0 amide bonds. The number of rotatable bonds is 6. The van der Waals surface area contributed by atoms with Gasteiger partial charge in [-0.2, -0.15) is 13.2 Å². The summed E-state index contributed by atoms with van der Waals surface area (Å²) in [5.74, 6) is 0.972. The summed E-state index contributed by atoms with van der Waals surface area (Å²) in [6.45, 7) is -1.65. The van der Waals surface area contributed by atoms with Crippen LogP contribution < -0.4 is 15.2 Å². The first-order chi connectivity index (χ1) is 8.46. The summed E-state index contributed by atoms with van der Waals surface area (Å²) in [4.78, 5) is 0. The maximum atomic E-state index is 11.8. The number of ether oxygens (including phenoxy) is 3. The summed E-state index contributed by atoms with van der Waals surface area (Å²) < 4.78 is 49.8. The molecule has 1 rings (SSSR count). The van der Waals surface area contributed by atoms with Crippen molar-refractivity contribution in [2.45, 2.75) is 12.7 Å². The molecule has 7 heteroatoms. The standard InChI is InChI=1S/C11H14F3NO3/c1-16-9-2-3-10(8(4-9)5-15)18-7-17-6-11(12,13)14/h2-4H,5-7,15H2,1H3. The first-order valence-electron chi connectivity index (χ1n) is 5.10. The van der Waals surface area contributed by atoms with Crippen LogP contribution in [0.15, 0.2) is 18.2 Å². The maximum absolute atomic E-state index is 11.8. The van der Waals surface area contributed by atoms with Crippen LogP contribution in [0.25, 0.3) is 0 Å². The number of hydrogen-bond acceptors (Lipinski definition) is 4. The average molecular weight is 265 g/mol. The van der Waals surface area contributed by atoms with E-state index in [9.17, 15) is 13.2 Å². The topological polar surface area (TPSA) is 53.7 Å². The number of halogens is 3. The van der Waals surface area contributed by atoms with Crippen LogP contribution in [0.1, 0.15) is 5.56 Å². The molecule has 1 aromatic rings. The van der Waals surface area contributed by atoms with Gasteiger partial charge in [-0.05, 0) is 18.2 Å². The summed E-state index contributed by atoms with van der Waals surface area (Å²) in [5, 5.41) is 0. The van der Waals surface area contributed by atoms with E-state index in [1.165, 1.54) is 7.11 Å². The Morgan fingerprint density at radius 2 is 2.00 bits per heavy atom. The fourth-order valence-corrected chi connectivity index (χ4v) is 1.25. The van der Waals surface area contributed by atoms with Gasteiger partial charge < -0.3 is 19.9 Å². The highest BCUT2D eigenvalue weighted by Crippen LogP contribution is 2.24. The largest absolute Gasteiger partial charge is 0.497 e. The van der Waals surface area contributed by atoms with Crippen molar-refractivity contribution in [3.05, 3.63) is 23.8 Å². The van der Waals surface area contributed by atoms with Crippen molar-refractivity contribution in [3.8, 4) is 11.5 Å². The molecule has 0 saturated heterocycles. The van der Waals surface area contributed by atoms with Crippen molar-refractivity contribution in [3.63, 3.8) is 0 Å². The van der Waals surface area contributed by atoms with E-state index in [2.05, 4.69) is 4.74 Å². The lowest BCUT2D eigenvalue weighted by molar-refractivity contribution is -0.186. The lowest BCUT2D eigenvalue weighted by Crippen LogP contribution is -2.19. The van der Waals surface area contributed by atoms with Crippen LogP contribution >= 0.6 is 0 Å². The maximum Gasteiger partial charge on any atom is 0.411 e. The second-order valence-electron chi connectivity index (χ2n) is 3.40. The van der Waals surface area contributed by atoms with Gasteiger partial charge in [-0.1, -0.05) is 0 Å². The quantitative estimate of drug-likeness (QED) is 0.632. The minimum atomic E-state index is -4.36. The Kier molecular flexibility index (Phi) is 5.24. The first-order valence-corrected chi connectivity index (χ1v) is 5.10. The highest BCUT2D eigenvalue weighted by molar-refractivity contribution is 5.40. The summed E-state index contributed by atoms with van der Waals surface area (Å²) in [7, 11) is 1.50. The van der Waals surface area contributed by atoms with Gasteiger partial charge in [0.05, 0.1) is 7.11 Å². The molecule has 0 aliphatic rings. The Balaban J connectivity index is 2.51. The molecule has 1 aromatic carbocycles. The smallest absolute Gasteiger partial charge is 0.411 e. The molecule has 0 fully saturated rings. The number of hydrogen-bond donors (Lipinski definition) is 1. The molecule has 0 radical (unpaired) electrons. The predicted octanol–water partition coefficient (Wildman–Crippen LogP) is 2.07. The Labute approximate surface area is 102 Å². The van der Waals surface area contributed by atoms with E-state index < -0.39 is 19.6 Å². The molecule has 0 atom stereocenters. The molecule has 0 spiro atoms. The van der Waals surface area contributed by atoms with Crippen LogP contribution in [0.3, 0.4) is 0 Å². The molecule has 0 aliphatic carbocycles. The molecule has 0 aromatic heterocycles. The van der Waals surface area contributed by atoms with Crippen LogP contribution in [0.2, 0.25) is 0 Å². The van der Waals surface area contributed by atoms with Crippen LogP contribution in [0.4, 0.5) is 13.2 Å². The summed E-state index contributed by atoms with van der Waals surface area (Å²) in [5.41, 5.74) is 6.12. The number of alkyl halides is 3. The molecule has 0 saturated carbocycles. The third-order valence-electron chi connectivity index (χ3n) is 2.05. The Morgan fingerprint density at radius 1 is 1.28 bits per heavy atom. The zero-order chi connectivity index (χ0) is 13.6. The molecule has 0 bridgehead atoms. The molecular weight excluding hydrogens is 251 g/mol. The van der Waals surface area contributed by atoms with E-state index in [1.807, 2.05) is 0 Å². The van der Waals surface area contributed by atoms with E-state index in [0.29, 0.717) is 17.1 Å². The third-order valence-corrected chi connectivity index (χ3v) is 2.05. The minimum Gasteiger partial charge on any atom is -0.497 e. The molecule has 0 heterocycles. The SMILES string of the molecule is COc1ccc(OCOCC(F)(F)F)c(CN)c1. The lowest BCUT2D eigenvalue weighted by Gasteiger charge is -2.12. The van der Waals surface area contributed by atoms with Crippen molar-refractivity contribution in [1.29, 1.82) is 0 Å². The summed E-state index contributed by atoms with van der Waals surface area (Å²) in [6.07, 6.45) is -4.36. The van der Waals surface area contributed by atoms with Gasteiger partial charge in [-0.3, -0.25) is 0 Å². The lowest BCUT2D eigenvalue weighted by atomic mass is 10.2. The van der Waals surface area contributed by atoms with Crippen molar-refractivity contribution < 1.29 is 27.4 Å². The summed E-state index contributed by atoms with van der Waals surface area (Å²) in [6, 6.07) is 4.84. The zero-order valence-electron chi connectivity index (χ0n) is 9.79. The first kappa shape index (κ1) is 14.6. The van der Waals surface area contributed by atoms with E-state index >= 15 is 0 Å². The minimum absolute atomic E-state index is 0.186. The second kappa shape index (κ2) is 6.46. The molecular formula is C11H14F3NO3. The second-order valence-corrected chi connectivity index (χ2v) is 3.40. The van der Waals surface area contributed by atoms with Crippen molar-refractivity contribution >= 4 is 0 Å². The van der Waals surface area contributed by atoms with Gasteiger partial charge in [0, 0.05) is 12.1 Å². The molecule has 2 N–H and O–H groups in total. The van der Waals surface area contributed by atoms with Crippen LogP contribution in [-0.4, -0.2) is 26.7 Å². The number of methoxy groups -OCH3 is 1. The van der Waals surface area contributed by atoms with Crippen LogP contribution in [0.5, 0.6) is 11.5 Å². The predicted molar refractivity (Wildman–Crippen MR) is 58.4 cm³/mol. The average Bonchev–Trinajstić information content (AvgIpc) is 2.33. The molecule has 4 nitrogen and oxygen atoms in total. The fraction of sp³-hybridized carbons (Fsp3) is 0.455. The number of nitrogens with two attached hydrogens (primary N) is 1. The highest BCUT2D eigenvalue weighted by Gasteiger charge is 2.27. The van der Waals surface area contributed by atoms with E-state index in [4.69, 9.17) is 15.2 Å². The third kappa shape index (κ3) is 4.80. The van der Waals surface area contributed by atoms with Gasteiger partial charge in [0.25, 0.3) is 0 Å². The van der Waals surface area contributed by atoms with Gasteiger partial charge in [0.1, 0.15) is 18.1 Å². The van der Waals surface area contributed by atoms with Crippen LogP contribution in [0, 0.1) is 0 Å². The fourth-order valence-electron chi connectivity index (χ4n) is 1.25. The Morgan fingerprint density at radius 3 is 2.56 bits per heavy atom. The van der Waals surface area contributed by atoms with Crippen LogP contribution in [-0.2, 0) is 11.3 Å². The van der Waals surface area contributed by atoms with Gasteiger partial charge in [0.15, 0.2) is 6.79 Å². The highest BCUT2D eigenvalue weighted by atomic mass is 19.4. The molecule has 102 valence electrons. The van der Waals surface area contributed by atoms with E-state index in [1.54, 1.807) is 18.2 Å². The van der Waals surface area contributed by atoms with Crippen molar-refractivity contribution in [2.24, 2.45) is 5.73 Å². The van der Waals surface area contributed by atoms with E-state index in [0.717, 1.165) is 0 Å². The van der Waals surface area contributed by atoms with Gasteiger partial charge in [0.2, 0.25) is 0 Å². The zero-order valence-corrected chi connectivity index (χ0v) is 9.79. The molecule has 0 unspecified atom stereocenters. The monoisotopic (exact) mass is 265 g/mol. The van der Waals surface area contributed by atoms with Gasteiger partial charge >= 0.3 is 6.18 Å².